The van der Waals surface area contributed by atoms with Crippen LogP contribution in [-0.4, -0.2) is 54.5 Å². The van der Waals surface area contributed by atoms with Crippen LogP contribution in [0, 0.1) is 11.6 Å². The smallest absolute Gasteiger partial charge is 0.222 e. The number of hydrogen-bond donors (Lipinski definition) is 0. The summed E-state index contributed by atoms with van der Waals surface area (Å²) in [7, 11) is 0. The van der Waals surface area contributed by atoms with Gasteiger partial charge in [-0.3, -0.25) is 4.79 Å². The Labute approximate surface area is 213 Å². The molecule has 2 fully saturated rings. The van der Waals surface area contributed by atoms with E-state index in [1.54, 1.807) is 6.07 Å². The molecule has 0 radical (unpaired) electrons. The van der Waals surface area contributed by atoms with Gasteiger partial charge in [-0.05, 0) is 86.7 Å². The van der Waals surface area contributed by atoms with E-state index in [1.807, 2.05) is 23.1 Å². The van der Waals surface area contributed by atoms with Crippen LogP contribution in [0.4, 0.5) is 20.2 Å². The molecule has 0 saturated carbocycles. The first kappa shape index (κ1) is 25.9. The van der Waals surface area contributed by atoms with Crippen LogP contribution in [0.15, 0.2) is 42.5 Å². The largest absolute Gasteiger partial charge is 0.343 e. The van der Waals surface area contributed by atoms with E-state index < -0.39 is 0 Å². The second kappa shape index (κ2) is 11.7. The molecule has 3 heterocycles. The number of amides is 1. The molecule has 0 unspecified atom stereocenters. The predicted molar refractivity (Wildman–Crippen MR) is 139 cm³/mol. The highest BCUT2D eigenvalue weighted by Gasteiger charge is 2.42. The molecule has 2 saturated heterocycles. The normalized spacial score (nSPS) is 22.1. The fraction of sp³-hybridized carbons (Fsp3) is 0.536. The summed E-state index contributed by atoms with van der Waals surface area (Å²) >= 11 is 0. The van der Waals surface area contributed by atoms with Gasteiger partial charge in [-0.2, -0.15) is 0 Å². The van der Waals surface area contributed by atoms with E-state index in [-0.39, 0.29) is 36.0 Å². The summed E-state index contributed by atoms with van der Waals surface area (Å²) in [5, 5.41) is 0. The number of anilines is 2. The number of hydrogen-bond acceptors (Lipinski definition) is 3. The maximum Gasteiger partial charge on any atom is 0.222 e. The molecule has 2 aromatic carbocycles. The average Bonchev–Trinajstić information content (AvgIpc) is 3.16. The van der Waals surface area contributed by atoms with Gasteiger partial charge in [-0.25, -0.2) is 8.78 Å². The fourth-order valence-corrected chi connectivity index (χ4v) is 6.07. The minimum absolute atomic E-state index is 0. The molecule has 35 heavy (non-hydrogen) atoms. The van der Waals surface area contributed by atoms with E-state index in [0.717, 1.165) is 94.6 Å². The quantitative estimate of drug-likeness (QED) is 0.397. The first-order chi connectivity index (χ1) is 16.6. The maximum atomic E-state index is 14.2. The van der Waals surface area contributed by atoms with Gasteiger partial charge in [0.25, 0.3) is 0 Å². The molecule has 5 rings (SSSR count). The summed E-state index contributed by atoms with van der Waals surface area (Å²) in [4.78, 5) is 18.8. The van der Waals surface area contributed by atoms with Crippen molar-refractivity contribution < 1.29 is 13.6 Å². The molecule has 190 valence electrons. The third-order valence-corrected chi connectivity index (χ3v) is 7.82. The second-order valence-corrected chi connectivity index (χ2v) is 10.1. The third kappa shape index (κ3) is 5.80. The SMILES string of the molecule is Cl.O=C1CCCCN1CCCCCCN1CC[C@@H]2[C@@H](C1)c1cc(F)ccc1N2c1ccc(F)cc1. The van der Waals surface area contributed by atoms with E-state index in [1.165, 1.54) is 24.6 Å². The summed E-state index contributed by atoms with van der Waals surface area (Å²) in [6.45, 7) is 4.87. The van der Waals surface area contributed by atoms with Crippen molar-refractivity contribution in [1.82, 2.24) is 9.80 Å². The lowest BCUT2D eigenvalue weighted by molar-refractivity contribution is -0.133. The Morgan fingerprint density at radius 3 is 2.37 bits per heavy atom. The molecule has 3 aliphatic heterocycles. The van der Waals surface area contributed by atoms with E-state index >= 15 is 0 Å². The van der Waals surface area contributed by atoms with E-state index in [4.69, 9.17) is 0 Å². The molecule has 7 heteroatoms. The number of carbonyl (C=O) groups excluding carboxylic acids is 1. The molecule has 0 bridgehead atoms. The Bertz CT molecular complexity index is 1000. The van der Waals surface area contributed by atoms with Crippen molar-refractivity contribution in [2.45, 2.75) is 63.3 Å². The van der Waals surface area contributed by atoms with Crippen LogP contribution in [-0.2, 0) is 4.79 Å². The highest BCUT2D eigenvalue weighted by Crippen LogP contribution is 2.48. The van der Waals surface area contributed by atoms with Gasteiger partial charge >= 0.3 is 0 Å². The van der Waals surface area contributed by atoms with Gasteiger partial charge in [0.2, 0.25) is 5.91 Å². The number of unbranched alkanes of at least 4 members (excludes halogenated alkanes) is 3. The molecule has 0 spiro atoms. The van der Waals surface area contributed by atoms with Crippen LogP contribution in [0.2, 0.25) is 0 Å². The molecule has 4 nitrogen and oxygen atoms in total. The van der Waals surface area contributed by atoms with Gasteiger partial charge in [0.15, 0.2) is 0 Å². The average molecular weight is 504 g/mol. The van der Waals surface area contributed by atoms with Crippen LogP contribution in [0.5, 0.6) is 0 Å². The van der Waals surface area contributed by atoms with Crippen molar-refractivity contribution in [3.8, 4) is 0 Å². The Kier molecular flexibility index (Phi) is 8.66. The zero-order valence-electron chi connectivity index (χ0n) is 20.3. The van der Waals surface area contributed by atoms with Gasteiger partial charge in [-0.1, -0.05) is 12.8 Å². The van der Waals surface area contributed by atoms with Crippen molar-refractivity contribution in [3.63, 3.8) is 0 Å². The van der Waals surface area contributed by atoms with Crippen LogP contribution >= 0.6 is 12.4 Å². The molecule has 2 atom stereocenters. The molecule has 0 aliphatic carbocycles. The number of likely N-dealkylation sites (tertiary alicyclic amines) is 2. The maximum absolute atomic E-state index is 14.2. The van der Waals surface area contributed by atoms with Crippen molar-refractivity contribution in [1.29, 1.82) is 0 Å². The van der Waals surface area contributed by atoms with Crippen molar-refractivity contribution in [2.24, 2.45) is 0 Å². The molecule has 2 aromatic rings. The van der Waals surface area contributed by atoms with Crippen LogP contribution in [0.1, 0.15) is 62.8 Å². The summed E-state index contributed by atoms with van der Waals surface area (Å²) < 4.78 is 27.7. The Morgan fingerprint density at radius 1 is 0.857 bits per heavy atom. The number of carbonyl (C=O) groups is 1. The number of benzene rings is 2. The van der Waals surface area contributed by atoms with E-state index in [0.29, 0.717) is 5.91 Å². The summed E-state index contributed by atoms with van der Waals surface area (Å²) in [6, 6.07) is 12.0. The topological polar surface area (TPSA) is 26.8 Å². The predicted octanol–water partition coefficient (Wildman–Crippen LogP) is 6.27. The Balaban J connectivity index is 0.00000289. The standard InChI is InChI=1S/C28H35F2N3O.ClH/c29-21-8-11-23(12-9-21)33-26-13-10-22(30)19-24(26)25-20-31(18-14-27(25)33)15-4-1-2-5-16-32-17-6-3-7-28(32)34;/h8-13,19,25,27H,1-7,14-18,20H2;1H/t25-,27+;/m0./s1. The van der Waals surface area contributed by atoms with Gasteiger partial charge in [0.1, 0.15) is 11.6 Å². The lowest BCUT2D eigenvalue weighted by Gasteiger charge is -2.39. The van der Waals surface area contributed by atoms with Crippen LogP contribution in [0.3, 0.4) is 0 Å². The van der Waals surface area contributed by atoms with Crippen LogP contribution < -0.4 is 4.90 Å². The van der Waals surface area contributed by atoms with E-state index in [2.05, 4.69) is 9.80 Å². The molecule has 0 N–H and O–H groups in total. The minimum atomic E-state index is -0.240. The van der Waals surface area contributed by atoms with Crippen molar-refractivity contribution >= 4 is 29.7 Å². The molecular formula is C28H36ClF2N3O. The fourth-order valence-electron chi connectivity index (χ4n) is 6.07. The molecule has 0 aromatic heterocycles. The van der Waals surface area contributed by atoms with Gasteiger partial charge in [0.05, 0.1) is 0 Å². The van der Waals surface area contributed by atoms with Gasteiger partial charge < -0.3 is 14.7 Å². The highest BCUT2D eigenvalue weighted by molar-refractivity contribution is 5.85. The van der Waals surface area contributed by atoms with Crippen molar-refractivity contribution in [3.05, 3.63) is 59.7 Å². The zero-order chi connectivity index (χ0) is 23.5. The summed E-state index contributed by atoms with van der Waals surface area (Å²) in [5.41, 5.74) is 3.10. The number of halogens is 3. The monoisotopic (exact) mass is 503 g/mol. The molecule has 1 amide bonds. The van der Waals surface area contributed by atoms with Gasteiger partial charge in [-0.15, -0.1) is 12.4 Å². The number of rotatable bonds is 8. The van der Waals surface area contributed by atoms with E-state index in [9.17, 15) is 13.6 Å². The Morgan fingerprint density at radius 2 is 1.60 bits per heavy atom. The zero-order valence-corrected chi connectivity index (χ0v) is 21.1. The summed E-state index contributed by atoms with van der Waals surface area (Å²) in [6.07, 6.45) is 8.52. The van der Waals surface area contributed by atoms with Crippen LogP contribution in [0.25, 0.3) is 0 Å². The highest BCUT2D eigenvalue weighted by atomic mass is 35.5. The Hall–Kier alpha value is -2.18. The lowest BCUT2D eigenvalue weighted by Crippen LogP contribution is -2.45. The second-order valence-electron chi connectivity index (χ2n) is 10.1. The first-order valence-electron chi connectivity index (χ1n) is 12.9. The van der Waals surface area contributed by atoms with Crippen molar-refractivity contribution in [2.75, 3.05) is 37.6 Å². The molecular weight excluding hydrogens is 468 g/mol. The number of piperidine rings is 2. The number of fused-ring (bicyclic) bond motifs is 3. The number of nitrogens with zero attached hydrogens (tertiary/aromatic N) is 3. The minimum Gasteiger partial charge on any atom is -0.343 e. The third-order valence-electron chi connectivity index (χ3n) is 7.82. The first-order valence-corrected chi connectivity index (χ1v) is 12.9. The summed E-state index contributed by atoms with van der Waals surface area (Å²) in [5.74, 6) is 0.158. The lowest BCUT2D eigenvalue weighted by atomic mass is 9.88. The van der Waals surface area contributed by atoms with Gasteiger partial charge in [0, 0.05) is 55.9 Å². The molecule has 3 aliphatic rings.